The fourth-order valence-electron chi connectivity index (χ4n) is 0.897. The van der Waals surface area contributed by atoms with E-state index in [1.54, 1.807) is 7.05 Å². The molecule has 16 heavy (non-hydrogen) atoms. The van der Waals surface area contributed by atoms with E-state index in [1.165, 1.54) is 34.7 Å². The van der Waals surface area contributed by atoms with Gasteiger partial charge in [0, 0.05) is 33.2 Å². The lowest BCUT2D eigenvalue weighted by molar-refractivity contribution is 0.291. The highest BCUT2D eigenvalue weighted by atomic mass is 33.1. The van der Waals surface area contributed by atoms with Crippen molar-refractivity contribution < 1.29 is 0 Å². The first-order chi connectivity index (χ1) is 7.56. The van der Waals surface area contributed by atoms with Crippen molar-refractivity contribution in [3.63, 3.8) is 0 Å². The van der Waals surface area contributed by atoms with Gasteiger partial charge in [-0.1, -0.05) is 24.4 Å². The van der Waals surface area contributed by atoms with Gasteiger partial charge in [0.1, 0.15) is 8.64 Å². The second-order valence-electron chi connectivity index (χ2n) is 3.08. The Bertz CT molecular complexity index is 218. The zero-order chi connectivity index (χ0) is 12.4. The van der Waals surface area contributed by atoms with E-state index < -0.39 is 0 Å². The van der Waals surface area contributed by atoms with Crippen molar-refractivity contribution in [1.82, 2.24) is 15.5 Å². The third-order valence-electron chi connectivity index (χ3n) is 1.74. The molecule has 0 amide bonds. The zero-order valence-electron chi connectivity index (χ0n) is 9.49. The molecule has 0 radical (unpaired) electrons. The summed E-state index contributed by atoms with van der Waals surface area (Å²) >= 11 is 9.38. The number of rotatable bonds is 0. The Hall–Kier alpha value is 0.400. The maximum absolute atomic E-state index is 5.18. The quantitative estimate of drug-likeness (QED) is 0.445. The lowest BCUT2D eigenvalue weighted by Crippen LogP contribution is -2.40. The molecule has 1 saturated heterocycles. The molecule has 0 unspecified atom stereocenters. The van der Waals surface area contributed by atoms with E-state index in [0.717, 1.165) is 13.1 Å². The summed E-state index contributed by atoms with van der Waals surface area (Å²) in [5.41, 5.74) is 5.18. The van der Waals surface area contributed by atoms with Crippen molar-refractivity contribution in [2.75, 3.05) is 40.3 Å². The molecule has 4 N–H and O–H groups in total. The number of likely N-dealkylation sites (N-methyl/N-ethyl adjacent to an activating group) is 1. The predicted octanol–water partition coefficient (Wildman–Crippen LogP) is 0.637. The van der Waals surface area contributed by atoms with E-state index in [-0.39, 0.29) is 0 Å². The summed E-state index contributed by atoms with van der Waals surface area (Å²) in [5, 5.41) is 6.05. The van der Waals surface area contributed by atoms with Gasteiger partial charge in [-0.25, -0.2) is 0 Å². The van der Waals surface area contributed by atoms with Gasteiger partial charge in [0.15, 0.2) is 0 Å². The summed E-state index contributed by atoms with van der Waals surface area (Å²) in [5.74, 6) is 0. The number of nitrogens with one attached hydrogen (secondary N) is 2. The topological polar surface area (TPSA) is 53.3 Å². The van der Waals surface area contributed by atoms with Crippen LogP contribution >= 0.6 is 46.0 Å². The van der Waals surface area contributed by atoms with Gasteiger partial charge >= 0.3 is 0 Å². The van der Waals surface area contributed by atoms with Gasteiger partial charge in [-0.3, -0.25) is 0 Å². The van der Waals surface area contributed by atoms with Crippen molar-refractivity contribution in [2.24, 2.45) is 5.73 Å². The van der Waals surface area contributed by atoms with Crippen LogP contribution in [-0.4, -0.2) is 53.8 Å². The van der Waals surface area contributed by atoms with Crippen LogP contribution in [0.3, 0.4) is 0 Å². The molecule has 0 atom stereocenters. The molecule has 1 aliphatic rings. The molecule has 1 aliphatic heterocycles. The smallest absolute Gasteiger partial charge is 0.144 e. The van der Waals surface area contributed by atoms with Crippen LogP contribution in [0.2, 0.25) is 0 Å². The van der Waals surface area contributed by atoms with Crippen LogP contribution in [0.1, 0.15) is 0 Å². The molecule has 0 saturated carbocycles. The first kappa shape index (κ1) is 16.4. The summed E-state index contributed by atoms with van der Waals surface area (Å²) < 4.78 is 1.09. The molecule has 0 aromatic rings. The molecule has 0 aromatic heterocycles. The molecular weight excluding hydrogens is 280 g/mol. The third-order valence-corrected chi connectivity index (χ3v) is 4.97. The average Bonchev–Trinajstić information content (AvgIpc) is 2.27. The highest BCUT2D eigenvalue weighted by Gasteiger charge is 2.01. The molecular formula is C8H18N4S4. The average molecular weight is 299 g/mol. The molecule has 1 fully saturated rings. The summed E-state index contributed by atoms with van der Waals surface area (Å²) in [4.78, 5) is 2.33. The van der Waals surface area contributed by atoms with Crippen LogP contribution in [0.15, 0.2) is 0 Å². The van der Waals surface area contributed by atoms with E-state index in [0.29, 0.717) is 8.64 Å². The lowest BCUT2D eigenvalue weighted by Gasteiger charge is -2.21. The number of hydrogen-bond acceptors (Lipinski definition) is 6. The minimum Gasteiger partial charge on any atom is -0.384 e. The normalized spacial score (nSPS) is 15.9. The molecule has 4 nitrogen and oxygen atoms in total. The van der Waals surface area contributed by atoms with Crippen molar-refractivity contribution in [3.05, 3.63) is 0 Å². The second kappa shape index (κ2) is 10.5. The zero-order valence-corrected chi connectivity index (χ0v) is 12.8. The number of nitrogens with zero attached hydrogens (tertiary/aromatic N) is 1. The number of nitrogens with two attached hydrogens (primary N) is 1. The van der Waals surface area contributed by atoms with Crippen LogP contribution in [0.4, 0.5) is 0 Å². The van der Waals surface area contributed by atoms with Gasteiger partial charge < -0.3 is 21.3 Å². The van der Waals surface area contributed by atoms with Crippen molar-refractivity contribution in [2.45, 2.75) is 0 Å². The molecule has 0 bridgehead atoms. The minimum absolute atomic E-state index is 0.401. The van der Waals surface area contributed by atoms with Gasteiger partial charge in [0.25, 0.3) is 0 Å². The Balaban J connectivity index is 0.000000288. The van der Waals surface area contributed by atoms with Crippen molar-refractivity contribution >= 4 is 54.7 Å². The Morgan fingerprint density at radius 1 is 1.31 bits per heavy atom. The van der Waals surface area contributed by atoms with Crippen LogP contribution < -0.4 is 16.4 Å². The fraction of sp³-hybridized carbons (Fsp3) is 0.750. The highest BCUT2D eigenvalue weighted by molar-refractivity contribution is 8.89. The van der Waals surface area contributed by atoms with Gasteiger partial charge in [-0.2, -0.15) is 0 Å². The molecule has 1 rings (SSSR count). The lowest BCUT2D eigenvalue weighted by atomic mass is 10.4. The number of thiocarbonyl (C=S) groups is 2. The SMILES string of the molecule is CN1CCNCC1.CNC(=S)SSC(N)=S. The third kappa shape index (κ3) is 10.9. The molecule has 8 heteroatoms. The Labute approximate surface area is 116 Å². The van der Waals surface area contributed by atoms with E-state index >= 15 is 0 Å². The predicted molar refractivity (Wildman–Crippen MR) is 84.0 cm³/mol. The molecule has 94 valence electrons. The molecule has 0 aliphatic carbocycles. The van der Waals surface area contributed by atoms with Crippen LogP contribution in [0, 0.1) is 0 Å². The van der Waals surface area contributed by atoms with Crippen molar-refractivity contribution in [3.8, 4) is 0 Å². The summed E-state index contributed by atoms with van der Waals surface area (Å²) in [6.45, 7) is 4.74. The first-order valence-electron chi connectivity index (χ1n) is 4.81. The van der Waals surface area contributed by atoms with Crippen molar-refractivity contribution in [1.29, 1.82) is 0 Å². The standard InChI is InChI=1S/C5H12N2.C3H6N2S4/c1-7-4-2-6-3-5-7;1-5-3(7)9-8-2(4)6/h6H,2-5H2,1H3;1H3,(H2,4,6)(H,5,7). The molecule has 0 spiro atoms. The summed E-state index contributed by atoms with van der Waals surface area (Å²) in [6, 6.07) is 0. The van der Waals surface area contributed by atoms with E-state index in [4.69, 9.17) is 18.0 Å². The number of hydrogen-bond donors (Lipinski definition) is 3. The molecule has 0 aromatic carbocycles. The molecule has 1 heterocycles. The minimum atomic E-state index is 0.401. The second-order valence-corrected chi connectivity index (χ2v) is 6.62. The Morgan fingerprint density at radius 3 is 2.19 bits per heavy atom. The maximum Gasteiger partial charge on any atom is 0.144 e. The van der Waals surface area contributed by atoms with Crippen LogP contribution in [0.25, 0.3) is 0 Å². The Kier molecular flexibility index (Phi) is 10.8. The van der Waals surface area contributed by atoms with Gasteiger partial charge in [0.2, 0.25) is 0 Å². The maximum atomic E-state index is 5.18. The van der Waals surface area contributed by atoms with Gasteiger partial charge in [-0.15, -0.1) is 0 Å². The number of piperazine rings is 1. The van der Waals surface area contributed by atoms with Gasteiger partial charge in [0.05, 0.1) is 0 Å². The summed E-state index contributed by atoms with van der Waals surface area (Å²) in [6.07, 6.45) is 0. The first-order valence-corrected chi connectivity index (χ1v) is 7.77. The van der Waals surface area contributed by atoms with Crippen LogP contribution in [-0.2, 0) is 0 Å². The largest absolute Gasteiger partial charge is 0.384 e. The highest BCUT2D eigenvalue weighted by Crippen LogP contribution is 2.21. The van der Waals surface area contributed by atoms with Crippen LogP contribution in [0.5, 0.6) is 0 Å². The Morgan fingerprint density at radius 2 is 1.88 bits per heavy atom. The monoisotopic (exact) mass is 298 g/mol. The van der Waals surface area contributed by atoms with E-state index in [1.807, 2.05) is 0 Å². The van der Waals surface area contributed by atoms with E-state index in [9.17, 15) is 0 Å². The van der Waals surface area contributed by atoms with E-state index in [2.05, 4.69) is 34.8 Å². The van der Waals surface area contributed by atoms with Gasteiger partial charge in [-0.05, 0) is 28.6 Å². The summed E-state index contributed by atoms with van der Waals surface area (Å²) in [7, 11) is 6.55. The fourth-order valence-corrected chi connectivity index (χ4v) is 2.47.